The highest BCUT2D eigenvalue weighted by Gasteiger charge is 2.25. The first-order valence-electron chi connectivity index (χ1n) is 6.02. The number of benzene rings is 2. The van der Waals surface area contributed by atoms with Gasteiger partial charge in [0.25, 0.3) is 0 Å². The Hall–Kier alpha value is -3.42. The Morgan fingerprint density at radius 2 is 1.00 bits per heavy atom. The summed E-state index contributed by atoms with van der Waals surface area (Å²) < 4.78 is 9.92. The molecule has 0 radical (unpaired) electrons. The molecule has 2 heterocycles. The molecule has 4 rings (SSSR count). The molecule has 0 unspecified atom stereocenters. The van der Waals surface area contributed by atoms with Crippen LogP contribution in [-0.4, -0.2) is 20.4 Å². The second-order valence-electron chi connectivity index (χ2n) is 4.76. The maximum atomic E-state index is 12.0. The van der Waals surface area contributed by atoms with Crippen molar-refractivity contribution in [2.24, 2.45) is 0 Å². The van der Waals surface area contributed by atoms with Crippen LogP contribution in [0.4, 0.5) is 0 Å². The Labute approximate surface area is 119 Å². The lowest BCUT2D eigenvalue weighted by Gasteiger charge is -2.11. The van der Waals surface area contributed by atoms with E-state index in [2.05, 4.69) is 0 Å². The fraction of sp³-hybridized carbons (Fsp3) is 0. The molecular formula is C14H6O8. The van der Waals surface area contributed by atoms with Crippen LogP contribution in [-0.2, 0) is 0 Å². The van der Waals surface area contributed by atoms with Gasteiger partial charge in [0, 0.05) is 22.9 Å². The lowest BCUT2D eigenvalue weighted by molar-refractivity contribution is 0.402. The Morgan fingerprint density at radius 3 is 1.36 bits per heavy atom. The molecule has 0 bridgehead atoms. The van der Waals surface area contributed by atoms with Crippen LogP contribution in [0.15, 0.2) is 30.6 Å². The molecule has 4 N–H and O–H groups in total. The molecule has 0 saturated carbocycles. The molecule has 0 aliphatic carbocycles. The average molecular weight is 302 g/mol. The highest BCUT2D eigenvalue weighted by Crippen LogP contribution is 2.43. The summed E-state index contributed by atoms with van der Waals surface area (Å²) in [5.74, 6) is -2.78. The SMILES string of the molecule is O=c1oc2cc(O)c(O)c3c(=O)oc4cc(O)c(O)c1c4c23. The van der Waals surface area contributed by atoms with E-state index in [0.29, 0.717) is 0 Å². The van der Waals surface area contributed by atoms with Crippen molar-refractivity contribution in [1.82, 2.24) is 0 Å². The summed E-state index contributed by atoms with van der Waals surface area (Å²) in [6.07, 6.45) is 0. The molecule has 0 atom stereocenters. The Balaban J connectivity index is 2.55. The molecule has 0 amide bonds. The van der Waals surface area contributed by atoms with E-state index in [1.54, 1.807) is 0 Å². The highest BCUT2D eigenvalue weighted by molar-refractivity contribution is 6.22. The zero-order valence-electron chi connectivity index (χ0n) is 10.6. The summed E-state index contributed by atoms with van der Waals surface area (Å²) in [6.45, 7) is 0. The van der Waals surface area contributed by atoms with E-state index >= 15 is 0 Å². The summed E-state index contributed by atoms with van der Waals surface area (Å²) in [4.78, 5) is 24.0. The second-order valence-corrected chi connectivity index (χ2v) is 4.76. The van der Waals surface area contributed by atoms with Gasteiger partial charge in [0.2, 0.25) is 0 Å². The molecule has 8 heteroatoms. The minimum absolute atomic E-state index is 0.00597. The van der Waals surface area contributed by atoms with Crippen molar-refractivity contribution < 1.29 is 29.3 Å². The summed E-state index contributed by atoms with van der Waals surface area (Å²) in [6, 6.07) is 1.95. The molecule has 22 heavy (non-hydrogen) atoms. The van der Waals surface area contributed by atoms with E-state index in [9.17, 15) is 30.0 Å². The zero-order chi connectivity index (χ0) is 15.8. The van der Waals surface area contributed by atoms with E-state index in [1.807, 2.05) is 0 Å². The van der Waals surface area contributed by atoms with Gasteiger partial charge in [0.05, 0.1) is 0 Å². The molecule has 2 aromatic heterocycles. The van der Waals surface area contributed by atoms with Crippen LogP contribution in [0.1, 0.15) is 0 Å². The summed E-state index contributed by atoms with van der Waals surface area (Å²) >= 11 is 0. The fourth-order valence-corrected chi connectivity index (χ4v) is 2.63. The topological polar surface area (TPSA) is 141 Å². The van der Waals surface area contributed by atoms with Gasteiger partial charge in [-0.3, -0.25) is 0 Å². The predicted molar refractivity (Wildman–Crippen MR) is 73.9 cm³/mol. The molecule has 8 nitrogen and oxygen atoms in total. The maximum absolute atomic E-state index is 12.0. The standard InChI is InChI=1S/C14H6O8/c15-3-1-5-7-8-6(22-14(20)9(7)11(3)17)2-4(16)12(18)10(8)13(19)21-5/h1-2,15-18H. The Kier molecular flexibility index (Phi) is 2.02. The van der Waals surface area contributed by atoms with Gasteiger partial charge in [0.15, 0.2) is 23.0 Å². The van der Waals surface area contributed by atoms with Gasteiger partial charge >= 0.3 is 11.3 Å². The van der Waals surface area contributed by atoms with Gasteiger partial charge < -0.3 is 29.3 Å². The predicted octanol–water partition coefficient (Wildman–Crippen LogP) is 1.31. The highest BCUT2D eigenvalue weighted by atomic mass is 16.4. The molecule has 0 saturated heterocycles. The average Bonchev–Trinajstić information content (AvgIpc) is 2.44. The molecule has 0 aliphatic heterocycles. The third-order valence-corrected chi connectivity index (χ3v) is 3.55. The first-order valence-corrected chi connectivity index (χ1v) is 6.02. The summed E-state index contributed by atoms with van der Waals surface area (Å²) in [5.41, 5.74) is -2.31. The minimum atomic E-state index is -0.994. The summed E-state index contributed by atoms with van der Waals surface area (Å²) in [5, 5.41) is 38.2. The van der Waals surface area contributed by atoms with Crippen LogP contribution in [0.25, 0.3) is 32.7 Å². The third kappa shape index (κ3) is 1.26. The van der Waals surface area contributed by atoms with Crippen molar-refractivity contribution in [1.29, 1.82) is 0 Å². The van der Waals surface area contributed by atoms with E-state index in [-0.39, 0.29) is 32.7 Å². The van der Waals surface area contributed by atoms with Crippen LogP contribution >= 0.6 is 0 Å². The Bertz CT molecular complexity index is 1100. The van der Waals surface area contributed by atoms with E-state index in [4.69, 9.17) is 8.83 Å². The van der Waals surface area contributed by atoms with Gasteiger partial charge in [-0.25, -0.2) is 9.59 Å². The van der Waals surface area contributed by atoms with Crippen molar-refractivity contribution in [3.63, 3.8) is 0 Å². The monoisotopic (exact) mass is 302 g/mol. The normalized spacial score (nSPS) is 11.8. The molecule has 4 aromatic rings. The largest absolute Gasteiger partial charge is 0.504 e. The maximum Gasteiger partial charge on any atom is 0.348 e. The molecule has 0 aliphatic rings. The first-order chi connectivity index (χ1) is 10.4. The molecule has 0 fully saturated rings. The second kappa shape index (κ2) is 3.61. The Morgan fingerprint density at radius 1 is 0.636 bits per heavy atom. The van der Waals surface area contributed by atoms with E-state index in [1.165, 1.54) is 0 Å². The number of phenols is 4. The quantitative estimate of drug-likeness (QED) is 0.216. The molecule has 110 valence electrons. The number of aromatic hydroxyl groups is 4. The van der Waals surface area contributed by atoms with Crippen molar-refractivity contribution >= 4 is 32.7 Å². The zero-order valence-corrected chi connectivity index (χ0v) is 10.6. The van der Waals surface area contributed by atoms with Gasteiger partial charge in [-0.15, -0.1) is 0 Å². The van der Waals surface area contributed by atoms with Gasteiger partial charge in [-0.2, -0.15) is 0 Å². The smallest absolute Gasteiger partial charge is 0.348 e. The van der Waals surface area contributed by atoms with Crippen LogP contribution in [0, 0.1) is 0 Å². The first kappa shape index (κ1) is 12.3. The number of rotatable bonds is 0. The number of hydrogen-bond acceptors (Lipinski definition) is 8. The fourth-order valence-electron chi connectivity index (χ4n) is 2.63. The molecule has 0 spiro atoms. The summed E-state index contributed by atoms with van der Waals surface area (Å²) in [7, 11) is 0. The van der Waals surface area contributed by atoms with Crippen molar-refractivity contribution in [2.75, 3.05) is 0 Å². The van der Waals surface area contributed by atoms with Gasteiger partial charge in [-0.1, -0.05) is 0 Å². The minimum Gasteiger partial charge on any atom is -0.504 e. The lowest BCUT2D eigenvalue weighted by Crippen LogP contribution is -2.07. The molecule has 2 aromatic carbocycles. The van der Waals surface area contributed by atoms with Crippen molar-refractivity contribution in [2.45, 2.75) is 0 Å². The molecular weight excluding hydrogens is 296 g/mol. The van der Waals surface area contributed by atoms with E-state index < -0.39 is 34.2 Å². The third-order valence-electron chi connectivity index (χ3n) is 3.55. The van der Waals surface area contributed by atoms with Crippen molar-refractivity contribution in [3.05, 3.63) is 33.0 Å². The number of hydrogen-bond donors (Lipinski definition) is 4. The lowest BCUT2D eigenvalue weighted by atomic mass is 10.0. The van der Waals surface area contributed by atoms with Crippen LogP contribution in [0.2, 0.25) is 0 Å². The van der Waals surface area contributed by atoms with E-state index in [0.717, 1.165) is 12.1 Å². The van der Waals surface area contributed by atoms with Gasteiger partial charge in [-0.05, 0) is 0 Å². The van der Waals surface area contributed by atoms with Crippen LogP contribution in [0.3, 0.4) is 0 Å². The van der Waals surface area contributed by atoms with Crippen molar-refractivity contribution in [3.8, 4) is 23.0 Å². The van der Waals surface area contributed by atoms with Crippen LogP contribution < -0.4 is 11.3 Å². The number of phenolic OH excluding ortho intramolecular Hbond substituents is 4. The van der Waals surface area contributed by atoms with Crippen LogP contribution in [0.5, 0.6) is 23.0 Å². The van der Waals surface area contributed by atoms with Gasteiger partial charge in [0.1, 0.15) is 21.9 Å².